The number of aryl methyl sites for hydroxylation is 1. The molecule has 25 heavy (non-hydrogen) atoms. The van der Waals surface area contributed by atoms with Crippen LogP contribution in [0, 0.1) is 6.92 Å². The average molecular weight is 348 g/mol. The highest BCUT2D eigenvalue weighted by atomic mass is 19.4. The Bertz CT molecular complexity index is 765. The first-order chi connectivity index (χ1) is 11.9. The van der Waals surface area contributed by atoms with Crippen molar-refractivity contribution in [3.05, 3.63) is 65.2 Å². The van der Waals surface area contributed by atoms with Crippen LogP contribution in [0.5, 0.6) is 0 Å². The molecule has 0 aliphatic carbocycles. The second kappa shape index (κ2) is 6.78. The minimum atomic E-state index is -4.38. The van der Waals surface area contributed by atoms with Gasteiger partial charge < -0.3 is 9.80 Å². The molecular weight excluding hydrogens is 329 g/mol. The Hall–Kier alpha value is -2.50. The first-order valence-corrected chi connectivity index (χ1v) is 8.14. The summed E-state index contributed by atoms with van der Waals surface area (Å²) in [6, 6.07) is 12.9. The van der Waals surface area contributed by atoms with Gasteiger partial charge in [0.2, 0.25) is 0 Å². The highest BCUT2D eigenvalue weighted by molar-refractivity contribution is 5.95. The number of alkyl halides is 3. The predicted molar refractivity (Wildman–Crippen MR) is 90.7 cm³/mol. The number of nitrogens with zero attached hydrogens (tertiary/aromatic N) is 2. The molecule has 0 unspecified atom stereocenters. The Morgan fingerprint density at radius 3 is 2.16 bits per heavy atom. The maximum atomic E-state index is 13.2. The minimum Gasteiger partial charge on any atom is -0.367 e. The van der Waals surface area contributed by atoms with E-state index in [9.17, 15) is 18.0 Å². The molecule has 2 aromatic rings. The Morgan fingerprint density at radius 2 is 1.52 bits per heavy atom. The predicted octanol–water partition coefficient (Wildman–Crippen LogP) is 3.98. The Balaban J connectivity index is 1.73. The number of anilines is 1. The van der Waals surface area contributed by atoms with Crippen molar-refractivity contribution in [2.75, 3.05) is 31.1 Å². The number of hydrogen-bond donors (Lipinski definition) is 0. The normalized spacial score (nSPS) is 15.4. The summed E-state index contributed by atoms with van der Waals surface area (Å²) in [7, 11) is 0. The molecule has 3 nitrogen and oxygen atoms in total. The molecule has 0 atom stereocenters. The quantitative estimate of drug-likeness (QED) is 0.820. The summed E-state index contributed by atoms with van der Waals surface area (Å²) in [6.07, 6.45) is -4.38. The zero-order valence-corrected chi connectivity index (χ0v) is 13.9. The summed E-state index contributed by atoms with van der Waals surface area (Å²) in [5.41, 5.74) is 1.09. The van der Waals surface area contributed by atoms with Gasteiger partial charge in [-0.3, -0.25) is 4.79 Å². The van der Waals surface area contributed by atoms with Crippen molar-refractivity contribution in [1.29, 1.82) is 0 Å². The number of carbonyl (C=O) groups is 1. The lowest BCUT2D eigenvalue weighted by atomic mass is 10.1. The van der Waals surface area contributed by atoms with Crippen LogP contribution in [0.3, 0.4) is 0 Å². The van der Waals surface area contributed by atoms with Crippen LogP contribution in [-0.2, 0) is 6.18 Å². The smallest absolute Gasteiger partial charge is 0.367 e. The highest BCUT2D eigenvalue weighted by Crippen LogP contribution is 2.36. The first-order valence-electron chi connectivity index (χ1n) is 8.14. The second-order valence-electron chi connectivity index (χ2n) is 6.11. The van der Waals surface area contributed by atoms with Crippen molar-refractivity contribution in [2.24, 2.45) is 0 Å². The molecule has 1 heterocycles. The van der Waals surface area contributed by atoms with E-state index >= 15 is 0 Å². The fourth-order valence-electron chi connectivity index (χ4n) is 3.12. The molecule has 0 saturated carbocycles. The molecule has 1 aliphatic heterocycles. The molecule has 132 valence electrons. The summed E-state index contributed by atoms with van der Waals surface area (Å²) < 4.78 is 39.5. The van der Waals surface area contributed by atoms with Crippen molar-refractivity contribution in [3.8, 4) is 0 Å². The van der Waals surface area contributed by atoms with Gasteiger partial charge in [0.25, 0.3) is 5.91 Å². The number of piperazine rings is 1. The number of para-hydroxylation sites is 1. The summed E-state index contributed by atoms with van der Waals surface area (Å²) in [5.74, 6) is -0.0677. The molecule has 2 aromatic carbocycles. The van der Waals surface area contributed by atoms with E-state index < -0.39 is 11.7 Å². The van der Waals surface area contributed by atoms with Crippen LogP contribution >= 0.6 is 0 Å². The number of hydrogen-bond acceptors (Lipinski definition) is 2. The van der Waals surface area contributed by atoms with E-state index in [1.165, 1.54) is 12.1 Å². The molecule has 1 fully saturated rings. The van der Waals surface area contributed by atoms with E-state index in [1.54, 1.807) is 21.9 Å². The van der Waals surface area contributed by atoms with E-state index in [-0.39, 0.29) is 11.6 Å². The van der Waals surface area contributed by atoms with Gasteiger partial charge in [-0.05, 0) is 30.7 Å². The number of amides is 1. The molecule has 1 amide bonds. The maximum absolute atomic E-state index is 13.2. The van der Waals surface area contributed by atoms with Gasteiger partial charge in [0.15, 0.2) is 0 Å². The lowest BCUT2D eigenvalue weighted by Crippen LogP contribution is -2.49. The third-order valence-corrected chi connectivity index (χ3v) is 4.49. The van der Waals surface area contributed by atoms with E-state index in [2.05, 4.69) is 0 Å². The van der Waals surface area contributed by atoms with Gasteiger partial charge in [0.1, 0.15) is 0 Å². The van der Waals surface area contributed by atoms with Crippen LogP contribution in [0.2, 0.25) is 0 Å². The van der Waals surface area contributed by atoms with E-state index in [1.807, 2.05) is 25.1 Å². The highest BCUT2D eigenvalue weighted by Gasteiger charge is 2.35. The van der Waals surface area contributed by atoms with Crippen molar-refractivity contribution < 1.29 is 18.0 Å². The standard InChI is InChI=1S/C19H19F3N2O/c1-14-6-2-3-7-15(14)18(25)24-12-10-23(11-13-24)17-9-5-4-8-16(17)19(20,21)22/h2-9H,10-13H2,1H3. The van der Waals surface area contributed by atoms with Gasteiger partial charge in [-0.15, -0.1) is 0 Å². The first kappa shape index (κ1) is 17.3. The molecule has 0 radical (unpaired) electrons. The summed E-state index contributed by atoms with van der Waals surface area (Å²) in [4.78, 5) is 16.0. The maximum Gasteiger partial charge on any atom is 0.418 e. The number of carbonyl (C=O) groups excluding carboxylic acids is 1. The van der Waals surface area contributed by atoms with Crippen LogP contribution in [0.25, 0.3) is 0 Å². The molecule has 0 bridgehead atoms. The third-order valence-electron chi connectivity index (χ3n) is 4.49. The molecular formula is C19H19F3N2O. The van der Waals surface area contributed by atoms with E-state index in [4.69, 9.17) is 0 Å². The average Bonchev–Trinajstić information content (AvgIpc) is 2.61. The zero-order chi connectivity index (χ0) is 18.0. The number of halogens is 3. The van der Waals surface area contributed by atoms with Gasteiger partial charge in [0.05, 0.1) is 5.56 Å². The van der Waals surface area contributed by atoms with Gasteiger partial charge in [0, 0.05) is 37.4 Å². The summed E-state index contributed by atoms with van der Waals surface area (Å²) in [6.45, 7) is 3.44. The molecule has 0 N–H and O–H groups in total. The van der Waals surface area contributed by atoms with Crippen LogP contribution in [0.4, 0.5) is 18.9 Å². The summed E-state index contributed by atoms with van der Waals surface area (Å²) >= 11 is 0. The van der Waals surface area contributed by atoms with E-state index in [0.29, 0.717) is 31.7 Å². The van der Waals surface area contributed by atoms with Gasteiger partial charge in [-0.1, -0.05) is 30.3 Å². The summed E-state index contributed by atoms with van der Waals surface area (Å²) in [5, 5.41) is 0. The Kier molecular flexibility index (Phi) is 4.70. The molecule has 1 saturated heterocycles. The van der Waals surface area contributed by atoms with Crippen LogP contribution in [-0.4, -0.2) is 37.0 Å². The van der Waals surface area contributed by atoms with Crippen molar-refractivity contribution >= 4 is 11.6 Å². The molecule has 3 rings (SSSR count). The lowest BCUT2D eigenvalue weighted by molar-refractivity contribution is -0.137. The van der Waals surface area contributed by atoms with Gasteiger partial charge in [-0.2, -0.15) is 13.2 Å². The largest absolute Gasteiger partial charge is 0.418 e. The van der Waals surface area contributed by atoms with Crippen molar-refractivity contribution in [1.82, 2.24) is 4.90 Å². The molecule has 0 aromatic heterocycles. The van der Waals surface area contributed by atoms with Crippen molar-refractivity contribution in [3.63, 3.8) is 0 Å². The number of benzene rings is 2. The minimum absolute atomic E-state index is 0.0677. The van der Waals surface area contributed by atoms with Crippen LogP contribution < -0.4 is 4.90 Å². The third kappa shape index (κ3) is 3.62. The fourth-order valence-corrected chi connectivity index (χ4v) is 3.12. The molecule has 0 spiro atoms. The fraction of sp³-hybridized carbons (Fsp3) is 0.316. The second-order valence-corrected chi connectivity index (χ2v) is 6.11. The number of rotatable bonds is 2. The molecule has 1 aliphatic rings. The van der Waals surface area contributed by atoms with Crippen LogP contribution in [0.15, 0.2) is 48.5 Å². The molecule has 6 heteroatoms. The monoisotopic (exact) mass is 348 g/mol. The van der Waals surface area contributed by atoms with E-state index in [0.717, 1.165) is 11.6 Å². The lowest BCUT2D eigenvalue weighted by Gasteiger charge is -2.37. The van der Waals surface area contributed by atoms with Gasteiger partial charge >= 0.3 is 6.18 Å². The van der Waals surface area contributed by atoms with Gasteiger partial charge in [-0.25, -0.2) is 0 Å². The van der Waals surface area contributed by atoms with Crippen LogP contribution in [0.1, 0.15) is 21.5 Å². The Labute approximate surface area is 144 Å². The van der Waals surface area contributed by atoms with Crippen molar-refractivity contribution in [2.45, 2.75) is 13.1 Å². The zero-order valence-electron chi connectivity index (χ0n) is 13.9. The Morgan fingerprint density at radius 1 is 0.920 bits per heavy atom. The topological polar surface area (TPSA) is 23.6 Å². The SMILES string of the molecule is Cc1ccccc1C(=O)N1CCN(c2ccccc2C(F)(F)F)CC1.